The zero-order valence-electron chi connectivity index (χ0n) is 14.5. The smallest absolute Gasteiger partial charge is 0.311 e. The molecule has 2 aliphatic heterocycles. The van der Waals surface area contributed by atoms with Gasteiger partial charge in [-0.15, -0.1) is 12.4 Å². The van der Waals surface area contributed by atoms with Crippen LogP contribution in [0.5, 0.6) is 0 Å². The molecule has 0 spiro atoms. The monoisotopic (exact) mass is 337 g/mol. The fraction of sp³-hybridized carbons (Fsp3) is 0.632. The first-order valence-electron chi connectivity index (χ1n) is 8.46. The van der Waals surface area contributed by atoms with Crippen LogP contribution in [-0.2, 0) is 9.53 Å². The second-order valence-corrected chi connectivity index (χ2v) is 7.23. The van der Waals surface area contributed by atoms with Crippen molar-refractivity contribution in [1.82, 2.24) is 4.90 Å². The molecular formula is C19H28ClNO2. The molecule has 2 unspecified atom stereocenters. The summed E-state index contributed by atoms with van der Waals surface area (Å²) in [5, 5.41) is 0. The van der Waals surface area contributed by atoms with E-state index < -0.39 is 0 Å². The van der Waals surface area contributed by atoms with E-state index in [1.165, 1.54) is 17.5 Å². The first kappa shape index (κ1) is 18.3. The summed E-state index contributed by atoms with van der Waals surface area (Å²) < 4.78 is 5.60. The van der Waals surface area contributed by atoms with Gasteiger partial charge in [-0.25, -0.2) is 0 Å². The first-order valence-corrected chi connectivity index (χ1v) is 8.46. The van der Waals surface area contributed by atoms with Gasteiger partial charge in [0.2, 0.25) is 0 Å². The largest absolute Gasteiger partial charge is 0.463 e. The van der Waals surface area contributed by atoms with Gasteiger partial charge in [-0.3, -0.25) is 9.69 Å². The molecule has 1 aromatic rings. The second kappa shape index (κ2) is 7.23. The highest BCUT2D eigenvalue weighted by atomic mass is 35.5. The van der Waals surface area contributed by atoms with Crippen LogP contribution < -0.4 is 0 Å². The third-order valence-corrected chi connectivity index (χ3v) is 5.40. The zero-order chi connectivity index (χ0) is 15.9. The number of halogens is 1. The van der Waals surface area contributed by atoms with E-state index in [0.29, 0.717) is 18.0 Å². The molecule has 0 aliphatic carbocycles. The van der Waals surface area contributed by atoms with Crippen molar-refractivity contribution in [3.05, 3.63) is 35.4 Å². The molecule has 2 bridgehead atoms. The van der Waals surface area contributed by atoms with Gasteiger partial charge in [-0.1, -0.05) is 29.8 Å². The minimum Gasteiger partial charge on any atom is -0.463 e. The van der Waals surface area contributed by atoms with Crippen LogP contribution in [-0.4, -0.2) is 36.1 Å². The predicted molar refractivity (Wildman–Crippen MR) is 95.1 cm³/mol. The number of benzene rings is 1. The molecule has 3 nitrogen and oxygen atoms in total. The molecule has 0 N–H and O–H groups in total. The van der Waals surface area contributed by atoms with Gasteiger partial charge in [0.05, 0.1) is 12.0 Å². The normalized spacial score (nSPS) is 30.1. The molecular weight excluding hydrogens is 310 g/mol. The molecule has 2 heterocycles. The highest BCUT2D eigenvalue weighted by molar-refractivity contribution is 5.85. The highest BCUT2D eigenvalue weighted by Crippen LogP contribution is 2.46. The van der Waals surface area contributed by atoms with Gasteiger partial charge in [0, 0.05) is 18.0 Å². The lowest BCUT2D eigenvalue weighted by atomic mass is 9.76. The molecule has 2 saturated heterocycles. The summed E-state index contributed by atoms with van der Waals surface area (Å²) in [6, 6.07) is 9.64. The number of piperidine rings is 1. The molecule has 0 amide bonds. The quantitative estimate of drug-likeness (QED) is 0.782. The number of fused-ring (bicyclic) bond motifs is 2. The summed E-state index contributed by atoms with van der Waals surface area (Å²) in [5.41, 5.74) is 2.56. The Morgan fingerprint density at radius 1 is 1.22 bits per heavy atom. The number of aryl methyl sites for hydroxylation is 1. The molecule has 0 saturated carbocycles. The lowest BCUT2D eigenvalue weighted by Gasteiger charge is -2.42. The van der Waals surface area contributed by atoms with Gasteiger partial charge >= 0.3 is 5.97 Å². The van der Waals surface area contributed by atoms with Crippen molar-refractivity contribution >= 4 is 18.4 Å². The number of hydrogen-bond acceptors (Lipinski definition) is 3. The maximum absolute atomic E-state index is 12.7. The minimum absolute atomic E-state index is 0. The number of rotatable bonds is 3. The van der Waals surface area contributed by atoms with Gasteiger partial charge in [-0.2, -0.15) is 0 Å². The van der Waals surface area contributed by atoms with Crippen LogP contribution in [0, 0.1) is 12.8 Å². The third kappa shape index (κ3) is 3.56. The summed E-state index contributed by atoms with van der Waals surface area (Å²) in [7, 11) is 2.17. The van der Waals surface area contributed by atoms with Crippen molar-refractivity contribution in [2.24, 2.45) is 5.92 Å². The molecule has 0 aromatic heterocycles. The fourth-order valence-electron chi connectivity index (χ4n) is 4.26. The SMILES string of the molecule is Cc1ccc([C@H]2C[C@H]3CCC(C2C(=O)OC(C)C)N3C)cc1.Cl. The number of esters is 1. The molecule has 23 heavy (non-hydrogen) atoms. The molecule has 3 rings (SSSR count). The number of carbonyl (C=O) groups is 1. The molecule has 128 valence electrons. The molecule has 0 radical (unpaired) electrons. The maximum atomic E-state index is 12.7. The van der Waals surface area contributed by atoms with Gasteiger partial charge in [-0.05, 0) is 52.6 Å². The Morgan fingerprint density at radius 2 is 1.87 bits per heavy atom. The highest BCUT2D eigenvalue weighted by Gasteiger charge is 2.49. The van der Waals surface area contributed by atoms with E-state index >= 15 is 0 Å². The Kier molecular flexibility index (Phi) is 5.74. The molecule has 2 aliphatic rings. The van der Waals surface area contributed by atoms with E-state index in [0.717, 1.165) is 12.8 Å². The van der Waals surface area contributed by atoms with E-state index in [-0.39, 0.29) is 30.4 Å². The van der Waals surface area contributed by atoms with Crippen LogP contribution in [0.4, 0.5) is 0 Å². The van der Waals surface area contributed by atoms with Crippen LogP contribution in [0.15, 0.2) is 24.3 Å². The first-order chi connectivity index (χ1) is 10.5. The van der Waals surface area contributed by atoms with Crippen LogP contribution >= 0.6 is 12.4 Å². The summed E-state index contributed by atoms with van der Waals surface area (Å²) >= 11 is 0. The third-order valence-electron chi connectivity index (χ3n) is 5.40. The Labute approximate surface area is 145 Å². The van der Waals surface area contributed by atoms with E-state index in [2.05, 4.69) is 43.1 Å². The van der Waals surface area contributed by atoms with Crippen molar-refractivity contribution in [3.8, 4) is 0 Å². The van der Waals surface area contributed by atoms with Gasteiger partial charge in [0.15, 0.2) is 0 Å². The Hall–Kier alpha value is -1.06. The molecule has 4 atom stereocenters. The van der Waals surface area contributed by atoms with Crippen molar-refractivity contribution in [3.63, 3.8) is 0 Å². The Balaban J connectivity index is 0.00000192. The zero-order valence-corrected chi connectivity index (χ0v) is 15.3. The van der Waals surface area contributed by atoms with Gasteiger partial charge < -0.3 is 4.74 Å². The summed E-state index contributed by atoms with van der Waals surface area (Å²) in [4.78, 5) is 15.2. The Bertz CT molecular complexity index is 543. The molecule has 2 fully saturated rings. The standard InChI is InChI=1S/C19H27NO2.ClH/c1-12(2)22-19(21)18-16(14-7-5-13(3)6-8-14)11-15-9-10-17(18)20(15)4;/h5-8,12,15-18H,9-11H2,1-4H3;1H/t15-,16-,17?,18?;/m1./s1. The lowest BCUT2D eigenvalue weighted by Crippen LogP contribution is -2.49. The van der Waals surface area contributed by atoms with E-state index in [1.54, 1.807) is 0 Å². The number of hydrogen-bond donors (Lipinski definition) is 0. The van der Waals surface area contributed by atoms with Crippen LogP contribution in [0.1, 0.15) is 50.2 Å². The van der Waals surface area contributed by atoms with Crippen molar-refractivity contribution in [2.45, 2.75) is 64.1 Å². The Morgan fingerprint density at radius 3 is 2.48 bits per heavy atom. The van der Waals surface area contributed by atoms with E-state index in [4.69, 9.17) is 4.74 Å². The topological polar surface area (TPSA) is 29.5 Å². The fourth-order valence-corrected chi connectivity index (χ4v) is 4.26. The average molecular weight is 338 g/mol. The van der Waals surface area contributed by atoms with Crippen molar-refractivity contribution in [2.75, 3.05) is 7.05 Å². The second-order valence-electron chi connectivity index (χ2n) is 7.23. The average Bonchev–Trinajstić information content (AvgIpc) is 2.71. The lowest BCUT2D eigenvalue weighted by molar-refractivity contribution is -0.157. The van der Waals surface area contributed by atoms with Crippen molar-refractivity contribution in [1.29, 1.82) is 0 Å². The van der Waals surface area contributed by atoms with Crippen molar-refractivity contribution < 1.29 is 9.53 Å². The van der Waals surface area contributed by atoms with Crippen LogP contribution in [0.25, 0.3) is 0 Å². The summed E-state index contributed by atoms with van der Waals surface area (Å²) in [6.07, 6.45) is 3.33. The van der Waals surface area contributed by atoms with Gasteiger partial charge in [0.1, 0.15) is 0 Å². The van der Waals surface area contributed by atoms with Gasteiger partial charge in [0.25, 0.3) is 0 Å². The minimum atomic E-state index is -0.0457. The summed E-state index contributed by atoms with van der Waals surface area (Å²) in [6.45, 7) is 5.97. The number of carbonyl (C=O) groups excluding carboxylic acids is 1. The van der Waals surface area contributed by atoms with E-state index in [1.807, 2.05) is 13.8 Å². The number of ether oxygens (including phenoxy) is 1. The maximum Gasteiger partial charge on any atom is 0.311 e. The number of nitrogens with zero attached hydrogens (tertiary/aromatic N) is 1. The molecule has 4 heteroatoms. The summed E-state index contributed by atoms with van der Waals surface area (Å²) in [5.74, 6) is 0.243. The van der Waals surface area contributed by atoms with E-state index in [9.17, 15) is 4.79 Å². The van der Waals surface area contributed by atoms with Crippen LogP contribution in [0.3, 0.4) is 0 Å². The molecule has 1 aromatic carbocycles. The predicted octanol–water partition coefficient (Wildman–Crippen LogP) is 3.93. The van der Waals surface area contributed by atoms with Crippen LogP contribution in [0.2, 0.25) is 0 Å².